The minimum Gasteiger partial charge on any atom is -0.224 e. The molecule has 2 nitrogen and oxygen atoms in total. The molecule has 0 saturated carbocycles. The zero-order chi connectivity index (χ0) is 10.3. The van der Waals surface area contributed by atoms with Gasteiger partial charge in [-0.2, -0.15) is 0 Å². The fourth-order valence-corrected chi connectivity index (χ4v) is 4.56. The minimum absolute atomic E-state index is 0.205. The van der Waals surface area contributed by atoms with Gasteiger partial charge in [-0.3, -0.25) is 0 Å². The molecular formula is C9H8BrClO2S. The highest BCUT2D eigenvalue weighted by atomic mass is 79.9. The summed E-state index contributed by atoms with van der Waals surface area (Å²) in [6.07, 6.45) is 1.45. The van der Waals surface area contributed by atoms with Crippen LogP contribution in [0.5, 0.6) is 0 Å². The second-order valence-electron chi connectivity index (χ2n) is 3.26. The Hall–Kier alpha value is -0.0600. The van der Waals surface area contributed by atoms with Crippen molar-refractivity contribution in [2.24, 2.45) is 0 Å². The Morgan fingerprint density at radius 1 is 1.36 bits per heavy atom. The predicted octanol–water partition coefficient (Wildman–Crippen LogP) is 2.82. The Balaban J connectivity index is 2.81. The SMILES string of the molecule is O=S1(=O)CCCc2c(Br)ccc(Cl)c21. The summed E-state index contributed by atoms with van der Waals surface area (Å²) >= 11 is 9.24. The molecule has 76 valence electrons. The molecule has 0 amide bonds. The average Bonchev–Trinajstić information content (AvgIpc) is 2.10. The molecule has 0 bridgehead atoms. The lowest BCUT2D eigenvalue weighted by atomic mass is 10.1. The second-order valence-corrected chi connectivity index (χ2v) is 6.57. The molecule has 0 saturated heterocycles. The van der Waals surface area contributed by atoms with Gasteiger partial charge < -0.3 is 0 Å². The molecule has 1 heterocycles. The zero-order valence-electron chi connectivity index (χ0n) is 7.26. The maximum atomic E-state index is 11.7. The van der Waals surface area contributed by atoms with Gasteiger partial charge in [0.1, 0.15) is 0 Å². The molecule has 0 atom stereocenters. The maximum absolute atomic E-state index is 11.7. The molecule has 0 N–H and O–H groups in total. The van der Waals surface area contributed by atoms with Gasteiger partial charge in [-0.25, -0.2) is 8.42 Å². The van der Waals surface area contributed by atoms with Crippen molar-refractivity contribution in [3.05, 3.63) is 27.2 Å². The van der Waals surface area contributed by atoms with Crippen LogP contribution in [0.4, 0.5) is 0 Å². The van der Waals surface area contributed by atoms with E-state index in [1.54, 1.807) is 12.1 Å². The van der Waals surface area contributed by atoms with Crippen LogP contribution < -0.4 is 0 Å². The van der Waals surface area contributed by atoms with Crippen molar-refractivity contribution in [3.63, 3.8) is 0 Å². The van der Waals surface area contributed by atoms with Crippen LogP contribution in [0.2, 0.25) is 5.02 Å². The first kappa shape index (κ1) is 10.5. The molecule has 0 aromatic heterocycles. The first-order valence-corrected chi connectivity index (χ1v) is 7.04. The van der Waals surface area contributed by atoms with Crippen molar-refractivity contribution in [3.8, 4) is 0 Å². The lowest BCUT2D eigenvalue weighted by molar-refractivity contribution is 0.586. The first-order chi connectivity index (χ1) is 6.52. The van der Waals surface area contributed by atoms with Crippen molar-refractivity contribution >= 4 is 37.4 Å². The smallest absolute Gasteiger partial charge is 0.180 e. The van der Waals surface area contributed by atoms with E-state index >= 15 is 0 Å². The summed E-state index contributed by atoms with van der Waals surface area (Å²) in [4.78, 5) is 0.319. The highest BCUT2D eigenvalue weighted by Gasteiger charge is 2.27. The number of halogens is 2. The number of fused-ring (bicyclic) bond motifs is 1. The van der Waals surface area contributed by atoms with Crippen molar-refractivity contribution in [1.82, 2.24) is 0 Å². The largest absolute Gasteiger partial charge is 0.224 e. The van der Waals surface area contributed by atoms with E-state index in [4.69, 9.17) is 11.6 Å². The predicted molar refractivity (Wildman–Crippen MR) is 59.5 cm³/mol. The summed E-state index contributed by atoms with van der Waals surface area (Å²) < 4.78 is 24.3. The van der Waals surface area contributed by atoms with E-state index in [-0.39, 0.29) is 5.75 Å². The van der Waals surface area contributed by atoms with Gasteiger partial charge in [0.2, 0.25) is 0 Å². The molecule has 14 heavy (non-hydrogen) atoms. The van der Waals surface area contributed by atoms with Crippen LogP contribution in [0.15, 0.2) is 21.5 Å². The topological polar surface area (TPSA) is 34.1 Å². The molecule has 1 aromatic carbocycles. The van der Waals surface area contributed by atoms with E-state index < -0.39 is 9.84 Å². The van der Waals surface area contributed by atoms with Crippen LogP contribution in [0.1, 0.15) is 12.0 Å². The third kappa shape index (κ3) is 1.59. The third-order valence-corrected chi connectivity index (χ3v) is 5.39. The van der Waals surface area contributed by atoms with Gasteiger partial charge in [-0.15, -0.1) is 0 Å². The van der Waals surface area contributed by atoms with E-state index in [9.17, 15) is 8.42 Å². The normalized spacial score (nSPS) is 19.0. The molecule has 0 spiro atoms. The fourth-order valence-electron chi connectivity index (χ4n) is 1.69. The highest BCUT2D eigenvalue weighted by Crippen LogP contribution is 2.35. The summed E-state index contributed by atoms with van der Waals surface area (Å²) in [5.41, 5.74) is 0.823. The van der Waals surface area contributed by atoms with Gasteiger partial charge in [0, 0.05) is 4.47 Å². The van der Waals surface area contributed by atoms with Gasteiger partial charge in [0.15, 0.2) is 9.84 Å². The standard InChI is InChI=1S/C9H8BrClO2S/c10-7-3-4-8(11)9-6(7)2-1-5-14(9,12)13/h3-4H,1-2,5H2. The summed E-state index contributed by atoms with van der Waals surface area (Å²) in [6, 6.07) is 3.41. The quantitative estimate of drug-likeness (QED) is 0.737. The monoisotopic (exact) mass is 294 g/mol. The molecule has 0 aliphatic carbocycles. The Morgan fingerprint density at radius 2 is 2.07 bits per heavy atom. The highest BCUT2D eigenvalue weighted by molar-refractivity contribution is 9.10. The molecule has 0 fully saturated rings. The molecule has 2 rings (SSSR count). The van der Waals surface area contributed by atoms with E-state index in [0.29, 0.717) is 16.3 Å². The Labute approximate surface area is 96.3 Å². The zero-order valence-corrected chi connectivity index (χ0v) is 10.4. The lowest BCUT2D eigenvalue weighted by Crippen LogP contribution is -2.17. The van der Waals surface area contributed by atoms with Crippen LogP contribution in [0.25, 0.3) is 0 Å². The van der Waals surface area contributed by atoms with Crippen LogP contribution in [-0.4, -0.2) is 14.2 Å². The number of sulfone groups is 1. The second kappa shape index (κ2) is 3.51. The minimum atomic E-state index is -3.16. The number of hydrogen-bond donors (Lipinski definition) is 0. The number of hydrogen-bond acceptors (Lipinski definition) is 2. The lowest BCUT2D eigenvalue weighted by Gasteiger charge is -2.18. The molecule has 1 aliphatic heterocycles. The van der Waals surface area contributed by atoms with E-state index in [0.717, 1.165) is 16.5 Å². The molecule has 1 aliphatic rings. The Morgan fingerprint density at radius 3 is 2.71 bits per heavy atom. The van der Waals surface area contributed by atoms with Crippen LogP contribution in [-0.2, 0) is 16.3 Å². The van der Waals surface area contributed by atoms with E-state index in [1.807, 2.05) is 0 Å². The maximum Gasteiger partial charge on any atom is 0.180 e. The number of benzene rings is 1. The van der Waals surface area contributed by atoms with Crippen LogP contribution >= 0.6 is 27.5 Å². The molecular weight excluding hydrogens is 288 g/mol. The fraction of sp³-hybridized carbons (Fsp3) is 0.333. The summed E-state index contributed by atoms with van der Waals surface area (Å²) in [6.45, 7) is 0. The van der Waals surface area contributed by atoms with Gasteiger partial charge in [0.25, 0.3) is 0 Å². The summed E-state index contributed by atoms with van der Waals surface area (Å²) in [5.74, 6) is 0.205. The van der Waals surface area contributed by atoms with Gasteiger partial charge >= 0.3 is 0 Å². The Bertz CT molecular complexity index is 482. The van der Waals surface area contributed by atoms with Crippen LogP contribution in [0.3, 0.4) is 0 Å². The number of rotatable bonds is 0. The third-order valence-electron chi connectivity index (χ3n) is 2.31. The van der Waals surface area contributed by atoms with Crippen molar-refractivity contribution in [2.75, 3.05) is 5.75 Å². The Kier molecular flexibility index (Phi) is 2.62. The molecule has 5 heteroatoms. The van der Waals surface area contributed by atoms with E-state index in [2.05, 4.69) is 15.9 Å². The van der Waals surface area contributed by atoms with Crippen molar-refractivity contribution in [1.29, 1.82) is 0 Å². The molecule has 1 aromatic rings. The molecule has 0 unspecified atom stereocenters. The average molecular weight is 296 g/mol. The van der Waals surface area contributed by atoms with Crippen LogP contribution in [0, 0.1) is 0 Å². The first-order valence-electron chi connectivity index (χ1n) is 4.22. The summed E-state index contributed by atoms with van der Waals surface area (Å²) in [5, 5.41) is 0.336. The van der Waals surface area contributed by atoms with Gasteiger partial charge in [0.05, 0.1) is 15.7 Å². The van der Waals surface area contributed by atoms with E-state index in [1.165, 1.54) is 0 Å². The molecule has 0 radical (unpaired) electrons. The van der Waals surface area contributed by atoms with Gasteiger partial charge in [-0.1, -0.05) is 27.5 Å². The van der Waals surface area contributed by atoms with Crippen molar-refractivity contribution in [2.45, 2.75) is 17.7 Å². The summed E-state index contributed by atoms with van der Waals surface area (Å²) in [7, 11) is -3.16. The van der Waals surface area contributed by atoms with Gasteiger partial charge in [-0.05, 0) is 30.5 Å². The van der Waals surface area contributed by atoms with Crippen molar-refractivity contribution < 1.29 is 8.42 Å².